The molecule has 0 radical (unpaired) electrons. The van der Waals surface area contributed by atoms with E-state index in [9.17, 15) is 4.79 Å². The van der Waals surface area contributed by atoms with Gasteiger partial charge in [-0.1, -0.05) is 68.9 Å². The summed E-state index contributed by atoms with van der Waals surface area (Å²) < 4.78 is 0. The predicted molar refractivity (Wildman–Crippen MR) is 131 cm³/mol. The highest BCUT2D eigenvalue weighted by Gasteiger charge is 2.52. The first-order valence-corrected chi connectivity index (χ1v) is 13.5. The number of rotatable bonds is 6. The molecule has 2 heterocycles. The highest BCUT2D eigenvalue weighted by atomic mass is 16.1. The van der Waals surface area contributed by atoms with Gasteiger partial charge in [-0.25, -0.2) is 0 Å². The zero-order chi connectivity index (χ0) is 21.8. The number of nitrogens with one attached hydrogen (secondary N) is 1. The van der Waals surface area contributed by atoms with Crippen molar-refractivity contribution < 1.29 is 4.79 Å². The van der Waals surface area contributed by atoms with Crippen molar-refractivity contribution in [3.63, 3.8) is 0 Å². The molecule has 0 spiro atoms. The van der Waals surface area contributed by atoms with E-state index in [0.717, 1.165) is 30.7 Å². The van der Waals surface area contributed by atoms with Crippen molar-refractivity contribution in [3.05, 3.63) is 48.2 Å². The Morgan fingerprint density at radius 3 is 2.56 bits per heavy atom. The average molecular weight is 435 g/mol. The summed E-state index contributed by atoms with van der Waals surface area (Å²) in [5.74, 6) is 2.84. The summed E-state index contributed by atoms with van der Waals surface area (Å²) in [4.78, 5) is 14.7. The molecule has 5 rings (SSSR count). The summed E-state index contributed by atoms with van der Waals surface area (Å²) in [6, 6.07) is 11.0. The number of hydrogen-bond acceptors (Lipinski definition) is 3. The van der Waals surface area contributed by atoms with Gasteiger partial charge in [0.05, 0.1) is 0 Å². The molecule has 3 fully saturated rings. The number of fused-ring (bicyclic) bond motifs is 1. The van der Waals surface area contributed by atoms with Gasteiger partial charge in [0.2, 0.25) is 0 Å². The molecule has 4 aliphatic rings. The third-order valence-electron chi connectivity index (χ3n) is 9.29. The van der Waals surface area contributed by atoms with Crippen molar-refractivity contribution in [1.82, 2.24) is 10.2 Å². The number of carbonyl (C=O) groups excluding carboxylic acids is 1. The third kappa shape index (κ3) is 4.69. The summed E-state index contributed by atoms with van der Waals surface area (Å²) in [7, 11) is 0. The van der Waals surface area contributed by atoms with Crippen molar-refractivity contribution in [1.29, 1.82) is 0 Å². The van der Waals surface area contributed by atoms with Gasteiger partial charge in [-0.15, -0.1) is 0 Å². The van der Waals surface area contributed by atoms with Crippen molar-refractivity contribution in [2.24, 2.45) is 17.8 Å². The Morgan fingerprint density at radius 1 is 0.969 bits per heavy atom. The molecule has 2 saturated carbocycles. The van der Waals surface area contributed by atoms with E-state index in [1.807, 2.05) is 6.08 Å². The van der Waals surface area contributed by atoms with Crippen molar-refractivity contribution in [2.45, 2.75) is 95.1 Å². The van der Waals surface area contributed by atoms with Crippen molar-refractivity contribution in [2.75, 3.05) is 13.1 Å². The topological polar surface area (TPSA) is 32.3 Å². The van der Waals surface area contributed by atoms with Crippen LogP contribution in [0.15, 0.2) is 42.6 Å². The Morgan fingerprint density at radius 2 is 1.75 bits per heavy atom. The Hall–Kier alpha value is -1.61. The zero-order valence-corrected chi connectivity index (χ0v) is 19.8. The molecule has 1 saturated heterocycles. The van der Waals surface area contributed by atoms with Gasteiger partial charge in [0, 0.05) is 30.7 Å². The molecule has 0 bridgehead atoms. The molecule has 4 atom stereocenters. The molecule has 1 N–H and O–H groups in total. The maximum Gasteiger partial charge on any atom is 0.159 e. The lowest BCUT2D eigenvalue weighted by Gasteiger charge is -2.47. The molecule has 1 aromatic rings. The fraction of sp³-hybridized carbons (Fsp3) is 0.690. The van der Waals surface area contributed by atoms with E-state index in [1.54, 1.807) is 0 Å². The maximum absolute atomic E-state index is 12.2. The van der Waals surface area contributed by atoms with Gasteiger partial charge in [0.1, 0.15) is 0 Å². The van der Waals surface area contributed by atoms with Crippen LogP contribution in [0.25, 0.3) is 0 Å². The largest absolute Gasteiger partial charge is 0.373 e. The van der Waals surface area contributed by atoms with E-state index in [0.29, 0.717) is 18.0 Å². The van der Waals surface area contributed by atoms with Crippen LogP contribution in [0, 0.1) is 17.8 Å². The number of hydrogen-bond donors (Lipinski definition) is 1. The minimum absolute atomic E-state index is 0.282. The quantitative estimate of drug-likeness (QED) is 0.566. The first-order chi connectivity index (χ1) is 15.7. The normalized spacial score (nSPS) is 33.8. The van der Waals surface area contributed by atoms with E-state index in [1.165, 1.54) is 82.7 Å². The van der Waals surface area contributed by atoms with Crippen LogP contribution >= 0.6 is 0 Å². The molecule has 0 aromatic heterocycles. The van der Waals surface area contributed by atoms with Gasteiger partial charge in [0.15, 0.2) is 5.78 Å². The van der Waals surface area contributed by atoms with E-state index in [4.69, 9.17) is 0 Å². The number of nitrogens with zero attached hydrogens (tertiary/aromatic N) is 1. The first kappa shape index (κ1) is 22.2. The van der Waals surface area contributed by atoms with Gasteiger partial charge >= 0.3 is 0 Å². The van der Waals surface area contributed by atoms with E-state index < -0.39 is 0 Å². The van der Waals surface area contributed by atoms with Crippen molar-refractivity contribution >= 4 is 5.78 Å². The SMILES string of the molecule is O=C1C=CN(CCC2CNC3(C4CCCCCC4)CCCCC23)C(Cc2ccccc2)C1. The molecule has 174 valence electrons. The van der Waals surface area contributed by atoms with Gasteiger partial charge in [-0.2, -0.15) is 0 Å². The summed E-state index contributed by atoms with van der Waals surface area (Å²) in [6.07, 6.45) is 21.2. The maximum atomic E-state index is 12.2. The Labute approximate surface area is 195 Å². The summed E-state index contributed by atoms with van der Waals surface area (Å²) in [6.45, 7) is 2.30. The van der Waals surface area contributed by atoms with Gasteiger partial charge in [-0.05, 0) is 74.5 Å². The van der Waals surface area contributed by atoms with Crippen LogP contribution in [-0.4, -0.2) is 35.4 Å². The fourth-order valence-corrected chi connectivity index (χ4v) is 7.68. The molecule has 1 aromatic carbocycles. The van der Waals surface area contributed by atoms with Crippen LogP contribution < -0.4 is 5.32 Å². The minimum Gasteiger partial charge on any atom is -0.373 e. The highest BCUT2D eigenvalue weighted by Crippen LogP contribution is 2.51. The second-order valence-electron chi connectivity index (χ2n) is 11.1. The molecule has 3 heteroatoms. The lowest BCUT2D eigenvalue weighted by atomic mass is 9.62. The highest BCUT2D eigenvalue weighted by molar-refractivity contribution is 5.90. The summed E-state index contributed by atoms with van der Waals surface area (Å²) >= 11 is 0. The molecule has 2 aliphatic heterocycles. The Kier molecular flexibility index (Phi) is 7.02. The molecular formula is C29H42N2O. The van der Waals surface area contributed by atoms with Crippen LogP contribution in [0.4, 0.5) is 0 Å². The monoisotopic (exact) mass is 434 g/mol. The fourth-order valence-electron chi connectivity index (χ4n) is 7.68. The Balaban J connectivity index is 1.25. The van der Waals surface area contributed by atoms with Crippen LogP contribution in [-0.2, 0) is 11.2 Å². The molecule has 0 amide bonds. The number of benzene rings is 1. The molecular weight excluding hydrogens is 392 g/mol. The minimum atomic E-state index is 0.282. The number of allylic oxidation sites excluding steroid dienone is 1. The molecule has 32 heavy (non-hydrogen) atoms. The van der Waals surface area contributed by atoms with Gasteiger partial charge in [-0.3, -0.25) is 4.79 Å². The molecule has 4 unspecified atom stereocenters. The summed E-state index contributed by atoms with van der Waals surface area (Å²) in [5.41, 5.74) is 1.78. The second kappa shape index (κ2) is 10.1. The standard InChI is InChI=1S/C29H42N2O/c32-27-16-19-31(26(21-27)20-23-10-4-3-5-11-23)18-15-24-22-30-29(17-9-8-14-28(24)29)25-12-6-1-2-7-13-25/h3-5,10-11,16,19,24-26,28,30H,1-2,6-9,12-15,17-18,20-22H2. The predicted octanol–water partition coefficient (Wildman–Crippen LogP) is 5.90. The average Bonchev–Trinajstić information content (AvgIpc) is 2.98. The molecule has 3 nitrogen and oxygen atoms in total. The summed E-state index contributed by atoms with van der Waals surface area (Å²) in [5, 5.41) is 4.17. The van der Waals surface area contributed by atoms with Crippen molar-refractivity contribution in [3.8, 4) is 0 Å². The van der Waals surface area contributed by atoms with Gasteiger partial charge in [0.25, 0.3) is 0 Å². The first-order valence-electron chi connectivity index (χ1n) is 13.5. The van der Waals surface area contributed by atoms with Crippen LogP contribution in [0.2, 0.25) is 0 Å². The van der Waals surface area contributed by atoms with E-state index >= 15 is 0 Å². The van der Waals surface area contributed by atoms with Gasteiger partial charge < -0.3 is 10.2 Å². The second-order valence-corrected chi connectivity index (χ2v) is 11.1. The number of ketones is 1. The van der Waals surface area contributed by atoms with Crippen LogP contribution in [0.1, 0.15) is 82.6 Å². The lowest BCUT2D eigenvalue weighted by molar-refractivity contribution is -0.116. The van der Waals surface area contributed by atoms with Crippen LogP contribution in [0.3, 0.4) is 0 Å². The molecule has 2 aliphatic carbocycles. The smallest absolute Gasteiger partial charge is 0.159 e. The third-order valence-corrected chi connectivity index (χ3v) is 9.29. The zero-order valence-electron chi connectivity index (χ0n) is 19.8. The van der Waals surface area contributed by atoms with E-state index in [-0.39, 0.29) is 5.78 Å². The van der Waals surface area contributed by atoms with Crippen LogP contribution in [0.5, 0.6) is 0 Å². The number of carbonyl (C=O) groups is 1. The lowest BCUT2D eigenvalue weighted by Crippen LogP contribution is -2.53. The Bertz CT molecular complexity index is 782. The van der Waals surface area contributed by atoms with E-state index in [2.05, 4.69) is 46.7 Å².